The summed E-state index contributed by atoms with van der Waals surface area (Å²) < 4.78 is 66.1. The van der Waals surface area contributed by atoms with Gasteiger partial charge in [-0.05, 0) is 13.8 Å². The maximum absolute atomic E-state index is 10.4. The van der Waals surface area contributed by atoms with Gasteiger partial charge in [-0.15, -0.1) is 0 Å². The lowest BCUT2D eigenvalue weighted by Crippen LogP contribution is -2.30. The minimum Gasteiger partial charge on any atom is -0.379 e. The van der Waals surface area contributed by atoms with Gasteiger partial charge in [0.2, 0.25) is 0 Å². The third-order valence-electron chi connectivity index (χ3n) is 5.33. The fourth-order valence-corrected chi connectivity index (χ4v) is 2.96. The number of rotatable bonds is 35. The Morgan fingerprint density at radius 3 is 1.14 bits per heavy atom. The quantitative estimate of drug-likeness (QED) is 0.0569. The first kappa shape index (κ1) is 40.9. The van der Waals surface area contributed by atoms with Crippen LogP contribution < -0.4 is 0 Å². The molecule has 0 aliphatic carbocycles. The van der Waals surface area contributed by atoms with Crippen LogP contribution in [0.15, 0.2) is 0 Å². The molecule has 14 heteroatoms. The predicted octanol–water partition coefficient (Wildman–Crippen LogP) is 1.05. The van der Waals surface area contributed by atoms with E-state index in [2.05, 4.69) is 0 Å². The Kier molecular flexibility index (Phi) is 31.9. The van der Waals surface area contributed by atoms with Gasteiger partial charge in [0.1, 0.15) is 24.8 Å². The number of hydrogen-bond acceptors (Lipinski definition) is 14. The van der Waals surface area contributed by atoms with Gasteiger partial charge in [-0.3, -0.25) is 0 Å². The van der Waals surface area contributed by atoms with Gasteiger partial charge in [-0.2, -0.15) is 0 Å². The van der Waals surface area contributed by atoms with Crippen molar-refractivity contribution in [2.24, 2.45) is 0 Å². The standard InChI is InChI=1S/C28H54O14/c1-25(31-3)39-17-16-38-24-28(42-20-19-40-26(2)32-4)23-37-14-13-36-22-27(41-18-15-34-10-6-8-30)21-35-12-11-33-9-5-7-29/h7-8,25-28H,5-6,9-24H2,1-4H3. The van der Waals surface area contributed by atoms with Crippen LogP contribution in [0.1, 0.15) is 26.7 Å². The SMILES string of the molecule is COC(C)OCCOCC(COCCOCC(COCCOCCC=O)OCCOCCC=O)OCCOC(C)OC. The molecular weight excluding hydrogens is 560 g/mol. The summed E-state index contributed by atoms with van der Waals surface area (Å²) in [6, 6.07) is 0. The van der Waals surface area contributed by atoms with Gasteiger partial charge in [-0.1, -0.05) is 0 Å². The molecule has 250 valence electrons. The van der Waals surface area contributed by atoms with Crippen LogP contribution in [0.25, 0.3) is 0 Å². The Labute approximate surface area is 250 Å². The van der Waals surface area contributed by atoms with E-state index in [-0.39, 0.29) is 24.8 Å². The van der Waals surface area contributed by atoms with E-state index in [0.717, 1.165) is 12.6 Å². The minimum atomic E-state index is -0.323. The molecule has 0 fully saturated rings. The second-order valence-electron chi connectivity index (χ2n) is 8.77. The lowest BCUT2D eigenvalue weighted by molar-refractivity contribution is -0.142. The molecule has 0 aliphatic rings. The molecule has 0 bridgehead atoms. The summed E-state index contributed by atoms with van der Waals surface area (Å²) in [5.41, 5.74) is 0. The summed E-state index contributed by atoms with van der Waals surface area (Å²) >= 11 is 0. The zero-order valence-electron chi connectivity index (χ0n) is 25.9. The second kappa shape index (κ2) is 32.8. The summed E-state index contributed by atoms with van der Waals surface area (Å²) in [7, 11) is 3.16. The molecule has 0 saturated carbocycles. The average Bonchev–Trinajstić information content (AvgIpc) is 3.00. The van der Waals surface area contributed by atoms with E-state index in [1.54, 1.807) is 14.2 Å². The van der Waals surface area contributed by atoms with Crippen molar-refractivity contribution in [3.63, 3.8) is 0 Å². The topological polar surface area (TPSA) is 145 Å². The van der Waals surface area contributed by atoms with E-state index in [1.165, 1.54) is 0 Å². The largest absolute Gasteiger partial charge is 0.379 e. The van der Waals surface area contributed by atoms with E-state index in [4.69, 9.17) is 56.8 Å². The average molecular weight is 615 g/mol. The molecule has 0 heterocycles. The predicted molar refractivity (Wildman–Crippen MR) is 151 cm³/mol. The van der Waals surface area contributed by atoms with Crippen LogP contribution in [0.4, 0.5) is 0 Å². The third kappa shape index (κ3) is 29.0. The van der Waals surface area contributed by atoms with E-state index in [1.807, 2.05) is 13.8 Å². The number of hydrogen-bond donors (Lipinski definition) is 0. The number of methoxy groups -OCH3 is 2. The van der Waals surface area contributed by atoms with Crippen LogP contribution in [-0.2, 0) is 66.4 Å². The summed E-state index contributed by atoms with van der Waals surface area (Å²) in [5.74, 6) is 0. The normalized spacial score (nSPS) is 14.5. The molecule has 0 aliphatic heterocycles. The first-order chi connectivity index (χ1) is 20.6. The van der Waals surface area contributed by atoms with Crippen molar-refractivity contribution < 1.29 is 66.4 Å². The number of carbonyl (C=O) groups excluding carboxylic acids is 2. The smallest absolute Gasteiger partial charge is 0.154 e. The van der Waals surface area contributed by atoms with Crippen molar-refractivity contribution in [3.8, 4) is 0 Å². The maximum Gasteiger partial charge on any atom is 0.154 e. The Balaban J connectivity index is 4.35. The van der Waals surface area contributed by atoms with Crippen molar-refractivity contribution in [1.82, 2.24) is 0 Å². The molecule has 0 aromatic rings. The van der Waals surface area contributed by atoms with Gasteiger partial charge >= 0.3 is 0 Å². The molecule has 0 spiro atoms. The highest BCUT2D eigenvalue weighted by molar-refractivity contribution is 5.49. The highest BCUT2D eigenvalue weighted by Gasteiger charge is 2.13. The molecule has 14 nitrogen and oxygen atoms in total. The molecule has 0 aromatic carbocycles. The molecule has 0 saturated heterocycles. The fourth-order valence-electron chi connectivity index (χ4n) is 2.96. The zero-order chi connectivity index (χ0) is 30.9. The van der Waals surface area contributed by atoms with Gasteiger partial charge in [0.25, 0.3) is 0 Å². The van der Waals surface area contributed by atoms with Gasteiger partial charge in [0.05, 0.1) is 106 Å². The lowest BCUT2D eigenvalue weighted by Gasteiger charge is -2.20. The van der Waals surface area contributed by atoms with E-state index < -0.39 is 0 Å². The molecule has 4 atom stereocenters. The fraction of sp³-hybridized carbons (Fsp3) is 0.929. The lowest BCUT2D eigenvalue weighted by atomic mass is 10.4. The number of ether oxygens (including phenoxy) is 12. The molecular formula is C28H54O14. The Morgan fingerprint density at radius 1 is 0.429 bits per heavy atom. The summed E-state index contributed by atoms with van der Waals surface area (Å²) in [6.45, 7) is 9.24. The molecule has 0 N–H and O–H groups in total. The van der Waals surface area contributed by atoms with E-state index in [9.17, 15) is 9.59 Å². The van der Waals surface area contributed by atoms with Crippen LogP contribution in [0.2, 0.25) is 0 Å². The van der Waals surface area contributed by atoms with E-state index >= 15 is 0 Å². The molecule has 42 heavy (non-hydrogen) atoms. The molecule has 0 rings (SSSR count). The van der Waals surface area contributed by atoms with Crippen LogP contribution in [0, 0.1) is 0 Å². The third-order valence-corrected chi connectivity index (χ3v) is 5.33. The van der Waals surface area contributed by atoms with Gasteiger partial charge < -0.3 is 66.4 Å². The van der Waals surface area contributed by atoms with Crippen LogP contribution >= 0.6 is 0 Å². The monoisotopic (exact) mass is 614 g/mol. The molecule has 0 amide bonds. The van der Waals surface area contributed by atoms with Gasteiger partial charge in [0, 0.05) is 27.1 Å². The van der Waals surface area contributed by atoms with Crippen molar-refractivity contribution >= 4 is 12.6 Å². The van der Waals surface area contributed by atoms with Crippen molar-refractivity contribution in [1.29, 1.82) is 0 Å². The molecule has 0 aromatic heterocycles. The maximum atomic E-state index is 10.4. The molecule has 4 unspecified atom stereocenters. The number of carbonyl (C=O) groups is 2. The highest BCUT2D eigenvalue weighted by Crippen LogP contribution is 2.01. The first-order valence-corrected chi connectivity index (χ1v) is 14.4. The van der Waals surface area contributed by atoms with Crippen LogP contribution in [0.5, 0.6) is 0 Å². The zero-order valence-corrected chi connectivity index (χ0v) is 25.9. The van der Waals surface area contributed by atoms with Crippen molar-refractivity contribution in [3.05, 3.63) is 0 Å². The summed E-state index contributed by atoms with van der Waals surface area (Å²) in [5, 5.41) is 0. The Hall–Kier alpha value is -1.14. The minimum absolute atomic E-state index is 0.293. The van der Waals surface area contributed by atoms with Crippen LogP contribution in [-0.4, -0.2) is 157 Å². The Morgan fingerprint density at radius 2 is 0.738 bits per heavy atom. The number of aldehydes is 2. The van der Waals surface area contributed by atoms with Crippen molar-refractivity contribution in [2.75, 3.05) is 120 Å². The van der Waals surface area contributed by atoms with Gasteiger partial charge in [-0.25, -0.2) is 0 Å². The summed E-state index contributed by atoms with van der Waals surface area (Å²) in [4.78, 5) is 20.7. The summed E-state index contributed by atoms with van der Waals surface area (Å²) in [6.07, 6.45) is 1.09. The first-order valence-electron chi connectivity index (χ1n) is 14.4. The van der Waals surface area contributed by atoms with E-state index in [0.29, 0.717) is 119 Å². The van der Waals surface area contributed by atoms with Crippen molar-refractivity contribution in [2.45, 2.75) is 51.5 Å². The second-order valence-corrected chi connectivity index (χ2v) is 8.77. The highest BCUT2D eigenvalue weighted by atomic mass is 16.7. The van der Waals surface area contributed by atoms with Gasteiger partial charge in [0.15, 0.2) is 12.6 Å². The van der Waals surface area contributed by atoms with Crippen LogP contribution in [0.3, 0.4) is 0 Å². The Bertz CT molecular complexity index is 571. The molecule has 0 radical (unpaired) electrons.